The van der Waals surface area contributed by atoms with Crippen LogP contribution in [0.25, 0.3) is 0 Å². The highest BCUT2D eigenvalue weighted by molar-refractivity contribution is 5.86. The first-order valence-corrected chi connectivity index (χ1v) is 13.1. The fourth-order valence-electron chi connectivity index (χ4n) is 4.32. The average Bonchev–Trinajstić information content (AvgIpc) is 2.93. The number of carbonyl (C=O) groups is 2. The van der Waals surface area contributed by atoms with Gasteiger partial charge in [-0.3, -0.25) is 19.6 Å². The van der Waals surface area contributed by atoms with Gasteiger partial charge in [-0.1, -0.05) is 25.3 Å². The molecule has 0 aliphatic carbocycles. The topological polar surface area (TPSA) is 105 Å². The molecule has 1 atom stereocenters. The third kappa shape index (κ3) is 8.67. The molecule has 40 heavy (non-hydrogen) atoms. The van der Waals surface area contributed by atoms with Crippen LogP contribution in [-0.2, 0) is 24.8 Å². The monoisotopic (exact) mass is 571 g/mol. The van der Waals surface area contributed by atoms with E-state index in [1.807, 2.05) is 44.0 Å². The lowest BCUT2D eigenvalue weighted by Crippen LogP contribution is -2.65. The highest BCUT2D eigenvalue weighted by Gasteiger charge is 2.43. The van der Waals surface area contributed by atoms with E-state index < -0.39 is 42.1 Å². The second-order valence-corrected chi connectivity index (χ2v) is 9.58. The number of hydrogen-bond donors (Lipinski definition) is 2. The van der Waals surface area contributed by atoms with E-state index >= 15 is 0 Å². The zero-order valence-electron chi connectivity index (χ0n) is 23.6. The number of nitrogens with zero attached hydrogens (tertiary/aromatic N) is 3. The van der Waals surface area contributed by atoms with Gasteiger partial charge in [-0.25, -0.2) is 4.79 Å². The molecule has 1 aliphatic rings. The molecule has 13 heteroatoms. The summed E-state index contributed by atoms with van der Waals surface area (Å²) in [5.41, 5.74) is 0.322. The van der Waals surface area contributed by atoms with Gasteiger partial charge in [0.25, 0.3) is 0 Å². The van der Waals surface area contributed by atoms with Gasteiger partial charge < -0.3 is 24.8 Å². The maximum atomic E-state index is 12.8. The Morgan fingerprint density at radius 1 is 1.12 bits per heavy atom. The van der Waals surface area contributed by atoms with Crippen LogP contribution in [0.2, 0.25) is 0 Å². The van der Waals surface area contributed by atoms with Gasteiger partial charge >= 0.3 is 12.3 Å². The quantitative estimate of drug-likeness (QED) is 0.259. The predicted octanol–water partition coefficient (Wildman–Crippen LogP) is 3.18. The highest BCUT2D eigenvalue weighted by atomic mass is 19.4. The molecular formula is C27H40F3N5O5. The van der Waals surface area contributed by atoms with E-state index in [-0.39, 0.29) is 26.2 Å². The van der Waals surface area contributed by atoms with Crippen molar-refractivity contribution in [3.8, 4) is 0 Å². The first kappa shape index (κ1) is 33.0. The molecular weight excluding hydrogens is 531 g/mol. The number of halogens is 3. The number of ether oxygens (including phenoxy) is 3. The van der Waals surface area contributed by atoms with Crippen LogP contribution < -0.4 is 10.6 Å². The predicted molar refractivity (Wildman–Crippen MR) is 143 cm³/mol. The van der Waals surface area contributed by atoms with Gasteiger partial charge in [-0.15, -0.1) is 0 Å². The van der Waals surface area contributed by atoms with E-state index in [1.54, 1.807) is 18.3 Å². The molecule has 0 unspecified atom stereocenters. The molecule has 0 aromatic carbocycles. The minimum absolute atomic E-state index is 0.0482. The molecule has 2 amide bonds. The highest BCUT2D eigenvalue weighted by Crippen LogP contribution is 2.29. The molecule has 2 heterocycles. The summed E-state index contributed by atoms with van der Waals surface area (Å²) < 4.78 is 55.5. The number of carbonyl (C=O) groups excluding carboxylic acids is 2. The first-order valence-electron chi connectivity index (χ1n) is 13.1. The summed E-state index contributed by atoms with van der Waals surface area (Å²) >= 11 is 0. The molecule has 0 radical (unpaired) electrons. The van der Waals surface area contributed by atoms with Crippen molar-refractivity contribution in [2.75, 3.05) is 52.5 Å². The molecule has 0 spiro atoms. The second kappa shape index (κ2) is 14.5. The van der Waals surface area contributed by atoms with Crippen molar-refractivity contribution >= 4 is 12.0 Å². The molecule has 1 saturated heterocycles. The lowest BCUT2D eigenvalue weighted by atomic mass is 9.95. The molecule has 2 N–H and O–H groups in total. The summed E-state index contributed by atoms with van der Waals surface area (Å²) in [6, 6.07) is 4.20. The maximum absolute atomic E-state index is 12.8. The van der Waals surface area contributed by atoms with Gasteiger partial charge in [0.05, 0.1) is 12.1 Å². The van der Waals surface area contributed by atoms with Crippen molar-refractivity contribution in [3.63, 3.8) is 0 Å². The van der Waals surface area contributed by atoms with Crippen LogP contribution in [0.3, 0.4) is 0 Å². The van der Waals surface area contributed by atoms with E-state index in [1.165, 1.54) is 6.08 Å². The van der Waals surface area contributed by atoms with Crippen molar-refractivity contribution in [1.29, 1.82) is 0 Å². The average molecular weight is 572 g/mol. The van der Waals surface area contributed by atoms with Crippen LogP contribution in [0.15, 0.2) is 49.3 Å². The van der Waals surface area contributed by atoms with Crippen LogP contribution in [0, 0.1) is 0 Å². The lowest BCUT2D eigenvalue weighted by Gasteiger charge is -2.48. The van der Waals surface area contributed by atoms with Crippen molar-refractivity contribution in [2.24, 2.45) is 0 Å². The number of alkyl halides is 3. The van der Waals surface area contributed by atoms with Crippen LogP contribution in [0.4, 0.5) is 18.0 Å². The third-order valence-corrected chi connectivity index (χ3v) is 6.58. The van der Waals surface area contributed by atoms with Crippen molar-refractivity contribution in [3.05, 3.63) is 55.0 Å². The molecule has 2 rings (SSSR count). The van der Waals surface area contributed by atoms with E-state index in [4.69, 9.17) is 14.2 Å². The molecule has 1 aromatic heterocycles. The number of rotatable bonds is 14. The molecule has 224 valence electrons. The van der Waals surface area contributed by atoms with Crippen LogP contribution >= 0.6 is 0 Å². The summed E-state index contributed by atoms with van der Waals surface area (Å²) in [7, 11) is 0. The van der Waals surface area contributed by atoms with Gasteiger partial charge in [0.15, 0.2) is 0 Å². The Hall–Kier alpha value is -3.16. The Kier molecular flexibility index (Phi) is 12.0. The summed E-state index contributed by atoms with van der Waals surface area (Å²) in [6.45, 7) is 14.7. The SMILES string of the molecule is C=CCOC(=O)N1CCN(C(C)(C)C(=C)NCC(OCC)(OCC)c2ccccn2)C[C@H]1C(=O)NCC(F)(F)F. The van der Waals surface area contributed by atoms with Gasteiger partial charge in [0.2, 0.25) is 11.7 Å². The number of amides is 2. The molecule has 1 aliphatic heterocycles. The standard InChI is InChI=1S/C27H40F3N5O5/c1-7-16-38-24(37)35-15-14-34(17-21(35)23(36)33-19-27(28,29)30)25(5,6)20(4)32-18-26(39-8-2,40-9-3)22-12-10-11-13-31-22/h7,10-13,21,32H,1,4,8-9,14-19H2,2-3,5-6H3,(H,33,36)/t21-/m0/s1. The van der Waals surface area contributed by atoms with Crippen molar-refractivity contribution in [1.82, 2.24) is 25.4 Å². The lowest BCUT2D eigenvalue weighted by molar-refractivity contribution is -0.241. The molecule has 10 nitrogen and oxygen atoms in total. The Morgan fingerprint density at radius 2 is 1.80 bits per heavy atom. The van der Waals surface area contributed by atoms with E-state index in [2.05, 4.69) is 23.5 Å². The summed E-state index contributed by atoms with van der Waals surface area (Å²) in [5.74, 6) is -2.13. The summed E-state index contributed by atoms with van der Waals surface area (Å²) in [5, 5.41) is 5.18. The number of pyridine rings is 1. The van der Waals surface area contributed by atoms with E-state index in [0.29, 0.717) is 31.1 Å². The zero-order chi connectivity index (χ0) is 30.0. The number of nitrogens with one attached hydrogen (secondary N) is 2. The van der Waals surface area contributed by atoms with Crippen LogP contribution in [-0.4, -0.2) is 97.1 Å². The smallest absolute Gasteiger partial charge is 0.410 e. The third-order valence-electron chi connectivity index (χ3n) is 6.58. The Morgan fingerprint density at radius 3 is 2.35 bits per heavy atom. The van der Waals surface area contributed by atoms with Gasteiger partial charge in [0.1, 0.15) is 24.9 Å². The van der Waals surface area contributed by atoms with Crippen molar-refractivity contribution < 1.29 is 37.0 Å². The van der Waals surface area contributed by atoms with Crippen LogP contribution in [0.1, 0.15) is 33.4 Å². The minimum atomic E-state index is -4.60. The van der Waals surface area contributed by atoms with Crippen LogP contribution in [0.5, 0.6) is 0 Å². The molecule has 1 aromatic rings. The zero-order valence-corrected chi connectivity index (χ0v) is 23.6. The van der Waals surface area contributed by atoms with E-state index in [0.717, 1.165) is 4.90 Å². The van der Waals surface area contributed by atoms with Gasteiger partial charge in [-0.05, 0) is 39.8 Å². The van der Waals surface area contributed by atoms with Gasteiger partial charge in [0, 0.05) is 44.7 Å². The number of aromatic nitrogens is 1. The Labute approximate surface area is 233 Å². The fourth-order valence-corrected chi connectivity index (χ4v) is 4.32. The second-order valence-electron chi connectivity index (χ2n) is 9.58. The van der Waals surface area contributed by atoms with Gasteiger partial charge in [-0.2, -0.15) is 13.2 Å². The number of piperazine rings is 1. The normalized spacial score (nSPS) is 16.8. The van der Waals surface area contributed by atoms with Crippen molar-refractivity contribution in [2.45, 2.75) is 51.2 Å². The largest absolute Gasteiger partial charge is 0.445 e. The fraction of sp³-hybridized carbons (Fsp3) is 0.593. The minimum Gasteiger partial charge on any atom is -0.445 e. The number of hydrogen-bond acceptors (Lipinski definition) is 8. The van der Waals surface area contributed by atoms with E-state index in [9.17, 15) is 22.8 Å². The Balaban J connectivity index is 2.23. The first-order chi connectivity index (χ1) is 18.8. The molecule has 1 fully saturated rings. The summed E-state index contributed by atoms with van der Waals surface area (Å²) in [6.07, 6.45) is -2.40. The molecule has 0 saturated carbocycles. The maximum Gasteiger partial charge on any atom is 0.410 e. The summed E-state index contributed by atoms with van der Waals surface area (Å²) in [4.78, 5) is 32.9. The molecule has 0 bridgehead atoms. The Bertz CT molecular complexity index is 1000.